The van der Waals surface area contributed by atoms with Crippen LogP contribution in [0.2, 0.25) is 5.02 Å². The number of carboxylic acids is 1. The Morgan fingerprint density at radius 3 is 2.61 bits per heavy atom. The molecule has 2 rings (SSSR count). The number of carboxylic acid groups (broad SMARTS) is 1. The van der Waals surface area contributed by atoms with E-state index in [1.807, 2.05) is 24.3 Å². The molecule has 1 heterocycles. The molecule has 0 saturated heterocycles. The molecule has 94 valence electrons. The Kier molecular flexibility index (Phi) is 3.67. The molecule has 5 heteroatoms. The van der Waals surface area contributed by atoms with E-state index in [4.69, 9.17) is 16.7 Å². The van der Waals surface area contributed by atoms with Gasteiger partial charge in [-0.15, -0.1) is 0 Å². The Morgan fingerprint density at radius 1 is 1.44 bits per heavy atom. The van der Waals surface area contributed by atoms with Crippen molar-refractivity contribution in [3.63, 3.8) is 0 Å². The highest BCUT2D eigenvalue weighted by Gasteiger charge is 2.11. The van der Waals surface area contributed by atoms with Gasteiger partial charge >= 0.3 is 5.97 Å². The first-order valence-electron chi connectivity index (χ1n) is 5.58. The third-order valence-corrected chi connectivity index (χ3v) is 2.91. The zero-order valence-corrected chi connectivity index (χ0v) is 10.6. The Hall–Kier alpha value is -1.81. The fourth-order valence-electron chi connectivity index (χ4n) is 1.67. The largest absolute Gasteiger partial charge is 0.481 e. The topological polar surface area (TPSA) is 55.1 Å². The van der Waals surface area contributed by atoms with Gasteiger partial charge in [0.1, 0.15) is 0 Å². The third kappa shape index (κ3) is 2.90. The van der Waals surface area contributed by atoms with Gasteiger partial charge in [-0.1, -0.05) is 30.7 Å². The van der Waals surface area contributed by atoms with Crippen LogP contribution in [0.5, 0.6) is 0 Å². The summed E-state index contributed by atoms with van der Waals surface area (Å²) in [7, 11) is 0. The highest BCUT2D eigenvalue weighted by Crippen LogP contribution is 2.15. The van der Waals surface area contributed by atoms with Gasteiger partial charge in [0.05, 0.1) is 22.8 Å². The van der Waals surface area contributed by atoms with Crippen molar-refractivity contribution in [2.75, 3.05) is 0 Å². The molecule has 0 aliphatic rings. The standard InChI is InChI=1S/C13H13ClN2O2/c1-9(13(17)18)6-10-2-4-12(5-3-10)16-8-11(14)7-15-16/h2-5,7-9H,6H2,1H3,(H,17,18). The monoisotopic (exact) mass is 264 g/mol. The molecule has 1 unspecified atom stereocenters. The maximum atomic E-state index is 10.8. The van der Waals surface area contributed by atoms with Crippen LogP contribution in [0.1, 0.15) is 12.5 Å². The Labute approximate surface area is 110 Å². The smallest absolute Gasteiger partial charge is 0.306 e. The van der Waals surface area contributed by atoms with Crippen LogP contribution in [0.4, 0.5) is 0 Å². The molecule has 1 aromatic heterocycles. The van der Waals surface area contributed by atoms with E-state index in [0.29, 0.717) is 11.4 Å². The fraction of sp³-hybridized carbons (Fsp3) is 0.231. The maximum Gasteiger partial charge on any atom is 0.306 e. The van der Waals surface area contributed by atoms with Crippen molar-refractivity contribution >= 4 is 17.6 Å². The van der Waals surface area contributed by atoms with Gasteiger partial charge in [0, 0.05) is 6.20 Å². The normalized spacial score (nSPS) is 12.3. The minimum absolute atomic E-state index is 0.380. The summed E-state index contributed by atoms with van der Waals surface area (Å²) >= 11 is 5.80. The third-order valence-electron chi connectivity index (χ3n) is 2.72. The second-order valence-electron chi connectivity index (χ2n) is 4.21. The van der Waals surface area contributed by atoms with E-state index in [-0.39, 0.29) is 5.92 Å². The molecule has 0 amide bonds. The number of rotatable bonds is 4. The number of benzene rings is 1. The molecular formula is C13H13ClN2O2. The van der Waals surface area contributed by atoms with Crippen LogP contribution in [0.3, 0.4) is 0 Å². The highest BCUT2D eigenvalue weighted by molar-refractivity contribution is 6.30. The lowest BCUT2D eigenvalue weighted by atomic mass is 10.0. The van der Waals surface area contributed by atoms with Gasteiger partial charge in [0.2, 0.25) is 0 Å². The first-order chi connectivity index (χ1) is 8.56. The number of hydrogen-bond donors (Lipinski definition) is 1. The molecule has 4 nitrogen and oxygen atoms in total. The quantitative estimate of drug-likeness (QED) is 0.924. The predicted molar refractivity (Wildman–Crippen MR) is 69.1 cm³/mol. The molecule has 0 saturated carbocycles. The molecular weight excluding hydrogens is 252 g/mol. The predicted octanol–water partition coefficient (Wildman–Crippen LogP) is 2.79. The number of hydrogen-bond acceptors (Lipinski definition) is 2. The molecule has 0 bridgehead atoms. The van der Waals surface area contributed by atoms with Gasteiger partial charge in [-0.25, -0.2) is 4.68 Å². The van der Waals surface area contributed by atoms with Crippen molar-refractivity contribution in [2.45, 2.75) is 13.3 Å². The second-order valence-corrected chi connectivity index (χ2v) is 4.65. The van der Waals surface area contributed by atoms with Gasteiger partial charge in [0.15, 0.2) is 0 Å². The molecule has 18 heavy (non-hydrogen) atoms. The number of halogens is 1. The number of nitrogens with zero attached hydrogens (tertiary/aromatic N) is 2. The lowest BCUT2D eigenvalue weighted by Gasteiger charge is -2.07. The summed E-state index contributed by atoms with van der Waals surface area (Å²) in [6.45, 7) is 1.70. The van der Waals surface area contributed by atoms with E-state index >= 15 is 0 Å². The molecule has 1 atom stereocenters. The van der Waals surface area contributed by atoms with Crippen molar-refractivity contribution in [1.29, 1.82) is 0 Å². The zero-order valence-electron chi connectivity index (χ0n) is 9.88. The van der Waals surface area contributed by atoms with Crippen LogP contribution in [-0.4, -0.2) is 20.9 Å². The highest BCUT2D eigenvalue weighted by atomic mass is 35.5. The van der Waals surface area contributed by atoms with E-state index in [2.05, 4.69) is 5.10 Å². The molecule has 0 radical (unpaired) electrons. The fourth-order valence-corrected chi connectivity index (χ4v) is 1.80. The van der Waals surface area contributed by atoms with Gasteiger partial charge in [-0.2, -0.15) is 5.10 Å². The van der Waals surface area contributed by atoms with Crippen molar-refractivity contribution < 1.29 is 9.90 Å². The summed E-state index contributed by atoms with van der Waals surface area (Å²) in [6, 6.07) is 7.61. The van der Waals surface area contributed by atoms with Crippen LogP contribution in [0.25, 0.3) is 5.69 Å². The summed E-state index contributed by atoms with van der Waals surface area (Å²) in [5, 5.41) is 13.5. The average Bonchev–Trinajstić information content (AvgIpc) is 2.76. The zero-order chi connectivity index (χ0) is 13.1. The van der Waals surface area contributed by atoms with E-state index in [1.165, 1.54) is 0 Å². The van der Waals surface area contributed by atoms with Gasteiger partial charge < -0.3 is 5.11 Å². The Balaban J connectivity index is 2.13. The molecule has 2 aromatic rings. The first kappa shape index (κ1) is 12.6. The van der Waals surface area contributed by atoms with Crippen LogP contribution >= 0.6 is 11.6 Å². The molecule has 1 N–H and O–H groups in total. The summed E-state index contributed by atoms with van der Waals surface area (Å²) in [5.74, 6) is -1.16. The molecule has 0 fully saturated rings. The maximum absolute atomic E-state index is 10.8. The molecule has 1 aromatic carbocycles. The van der Waals surface area contributed by atoms with E-state index < -0.39 is 5.97 Å². The van der Waals surface area contributed by atoms with Gasteiger partial charge in [-0.3, -0.25) is 4.79 Å². The van der Waals surface area contributed by atoms with Crippen LogP contribution < -0.4 is 0 Å². The molecule has 0 spiro atoms. The SMILES string of the molecule is CC(Cc1ccc(-n2cc(Cl)cn2)cc1)C(=O)O. The minimum atomic E-state index is -0.780. The van der Waals surface area contributed by atoms with Gasteiger partial charge in [0.25, 0.3) is 0 Å². The van der Waals surface area contributed by atoms with Crippen LogP contribution in [0, 0.1) is 5.92 Å². The summed E-state index contributed by atoms with van der Waals surface area (Å²) in [5.41, 5.74) is 1.89. The van der Waals surface area contributed by atoms with E-state index in [1.54, 1.807) is 24.0 Å². The summed E-state index contributed by atoms with van der Waals surface area (Å²) < 4.78 is 1.67. The number of aliphatic carboxylic acids is 1. The van der Waals surface area contributed by atoms with E-state index in [9.17, 15) is 4.79 Å². The van der Waals surface area contributed by atoms with Crippen LogP contribution in [0.15, 0.2) is 36.7 Å². The lowest BCUT2D eigenvalue weighted by Crippen LogP contribution is -2.12. The summed E-state index contributed by atoms with van der Waals surface area (Å²) in [6.07, 6.45) is 3.81. The average molecular weight is 265 g/mol. The lowest BCUT2D eigenvalue weighted by molar-refractivity contribution is -0.141. The summed E-state index contributed by atoms with van der Waals surface area (Å²) in [4.78, 5) is 10.8. The number of aromatic nitrogens is 2. The minimum Gasteiger partial charge on any atom is -0.481 e. The molecule has 0 aliphatic heterocycles. The van der Waals surface area contributed by atoms with Crippen molar-refractivity contribution in [1.82, 2.24) is 9.78 Å². The van der Waals surface area contributed by atoms with Crippen molar-refractivity contribution in [2.24, 2.45) is 5.92 Å². The Morgan fingerprint density at radius 2 is 2.11 bits per heavy atom. The second kappa shape index (κ2) is 5.23. The van der Waals surface area contributed by atoms with Crippen molar-refractivity contribution in [3.8, 4) is 5.69 Å². The van der Waals surface area contributed by atoms with Gasteiger partial charge in [-0.05, 0) is 24.1 Å². The van der Waals surface area contributed by atoms with E-state index in [0.717, 1.165) is 11.3 Å². The van der Waals surface area contributed by atoms with Crippen molar-refractivity contribution in [3.05, 3.63) is 47.2 Å². The number of carbonyl (C=O) groups is 1. The first-order valence-corrected chi connectivity index (χ1v) is 5.96. The Bertz CT molecular complexity index is 548. The molecule has 0 aliphatic carbocycles. The van der Waals surface area contributed by atoms with Crippen LogP contribution in [-0.2, 0) is 11.2 Å².